The molecule has 1 aromatic carbocycles. The smallest absolute Gasteiger partial charge is 0.326 e. The van der Waals surface area contributed by atoms with Crippen LogP contribution in [0, 0.1) is 5.82 Å². The highest BCUT2D eigenvalue weighted by Crippen LogP contribution is 2.35. The first-order valence-electron chi connectivity index (χ1n) is 11.4. The second-order valence-corrected chi connectivity index (χ2v) is 9.05. The monoisotopic (exact) mass is 496 g/mol. The van der Waals surface area contributed by atoms with Gasteiger partial charge in [-0.15, -0.1) is 0 Å². The van der Waals surface area contributed by atoms with Crippen LogP contribution in [0.5, 0.6) is 11.8 Å². The first-order valence-corrected chi connectivity index (χ1v) is 12.4. The molecule has 0 unspecified atom stereocenters. The number of anilines is 2. The van der Waals surface area contributed by atoms with E-state index in [-0.39, 0.29) is 23.5 Å². The van der Waals surface area contributed by atoms with E-state index in [4.69, 9.17) is 4.74 Å². The molecule has 0 atom stereocenters. The molecular weight excluding hydrogens is 471 g/mol. The number of carbonyl (C=O) groups is 1. The maximum Gasteiger partial charge on any atom is 0.326 e. The quantitative estimate of drug-likeness (QED) is 0.288. The van der Waals surface area contributed by atoms with E-state index in [1.54, 1.807) is 7.05 Å². The highest BCUT2D eigenvalue weighted by Gasteiger charge is 2.18. The van der Waals surface area contributed by atoms with Crippen LogP contribution in [0.25, 0.3) is 21.9 Å². The van der Waals surface area contributed by atoms with Gasteiger partial charge in [0.15, 0.2) is 10.9 Å². The highest BCUT2D eigenvalue weighted by molar-refractivity contribution is 7.99. The molecule has 0 saturated carbocycles. The van der Waals surface area contributed by atoms with Crippen LogP contribution < -0.4 is 20.7 Å². The summed E-state index contributed by atoms with van der Waals surface area (Å²) in [5.41, 5.74) is 1.89. The van der Waals surface area contributed by atoms with Crippen molar-refractivity contribution in [2.75, 3.05) is 36.5 Å². The van der Waals surface area contributed by atoms with E-state index in [1.807, 2.05) is 0 Å². The minimum atomic E-state index is -0.353. The fraction of sp³-hybridized carbons (Fsp3) is 0.348. The zero-order valence-corrected chi connectivity index (χ0v) is 20.0. The van der Waals surface area contributed by atoms with Gasteiger partial charge in [0.25, 0.3) is 0 Å². The van der Waals surface area contributed by atoms with Crippen molar-refractivity contribution in [1.82, 2.24) is 30.2 Å². The molecule has 0 fully saturated rings. The lowest BCUT2D eigenvalue weighted by molar-refractivity contribution is -0.118. The third-order valence-electron chi connectivity index (χ3n) is 5.64. The summed E-state index contributed by atoms with van der Waals surface area (Å²) in [6.45, 7) is 1.32. The number of aromatic amines is 1. The molecule has 4 N–H and O–H groups in total. The zero-order chi connectivity index (χ0) is 24.2. The molecule has 3 aromatic heterocycles. The lowest BCUT2D eigenvalue weighted by Crippen LogP contribution is -2.26. The van der Waals surface area contributed by atoms with Gasteiger partial charge in [0.1, 0.15) is 17.3 Å². The minimum absolute atomic E-state index is 0.0388. The Hall–Kier alpha value is -3.67. The summed E-state index contributed by atoms with van der Waals surface area (Å²) in [5, 5.41) is 11.2. The van der Waals surface area contributed by atoms with Crippen LogP contribution in [0.15, 0.2) is 29.7 Å². The summed E-state index contributed by atoms with van der Waals surface area (Å²) >= 11 is 1.26. The fourth-order valence-corrected chi connectivity index (χ4v) is 4.59. The number of carbonyl (C=O) groups excluding carboxylic acids is 1. The van der Waals surface area contributed by atoms with Gasteiger partial charge in [0, 0.05) is 25.5 Å². The number of hydrogen-bond donors (Lipinski definition) is 4. The van der Waals surface area contributed by atoms with Gasteiger partial charge in [-0.2, -0.15) is 9.97 Å². The summed E-state index contributed by atoms with van der Waals surface area (Å²) in [6.07, 6.45) is 6.85. The number of nitrogens with one attached hydrogen (secondary N) is 4. The molecule has 12 heteroatoms. The van der Waals surface area contributed by atoms with Crippen molar-refractivity contribution >= 4 is 51.1 Å². The van der Waals surface area contributed by atoms with Crippen molar-refractivity contribution in [3.8, 4) is 11.8 Å². The van der Waals surface area contributed by atoms with Crippen LogP contribution >= 0.6 is 11.8 Å². The van der Waals surface area contributed by atoms with Gasteiger partial charge in [-0.05, 0) is 25.0 Å². The molecule has 182 valence electrons. The molecule has 5 heterocycles. The summed E-state index contributed by atoms with van der Waals surface area (Å²) < 4.78 is 20.2. The number of benzene rings is 1. The van der Waals surface area contributed by atoms with E-state index in [9.17, 15) is 9.18 Å². The third kappa shape index (κ3) is 5.21. The second kappa shape index (κ2) is 10.3. The lowest BCUT2D eigenvalue weighted by Gasteiger charge is -2.10. The van der Waals surface area contributed by atoms with Crippen LogP contribution in [-0.2, 0) is 4.79 Å². The molecule has 0 aliphatic carbocycles. The molecule has 0 spiro atoms. The zero-order valence-electron chi connectivity index (χ0n) is 19.2. The standard InChI is InChI=1S/C23H25FN8O2S/c1-25-16-9-13(24)8-15-18-20-27-7-5-3-2-4-6-26-17(33)12-35-23-28-10-14(11-29-23)34-22(31-20)32-21(18)30-19(15)16/h8-11,25H,2-7,12H2,1H3,(H,26,33)(H2,27,30,31,32). The molecule has 6 rings (SSSR count). The molecule has 10 nitrogen and oxygen atoms in total. The summed E-state index contributed by atoms with van der Waals surface area (Å²) in [6, 6.07) is 3.02. The topological polar surface area (TPSA) is 130 Å². The minimum Gasteiger partial charge on any atom is -0.421 e. The number of H-pyrrole nitrogens is 1. The average molecular weight is 497 g/mol. The molecule has 0 saturated heterocycles. The number of aromatic nitrogens is 5. The summed E-state index contributed by atoms with van der Waals surface area (Å²) in [7, 11) is 1.74. The molecule has 1 amide bonds. The van der Waals surface area contributed by atoms with Gasteiger partial charge in [-0.1, -0.05) is 24.6 Å². The number of hydrogen-bond acceptors (Lipinski definition) is 9. The summed E-state index contributed by atoms with van der Waals surface area (Å²) in [5.74, 6) is 0.780. The average Bonchev–Trinajstić information content (AvgIpc) is 3.22. The lowest BCUT2D eigenvalue weighted by atomic mass is 10.1. The predicted molar refractivity (Wildman–Crippen MR) is 134 cm³/mol. The van der Waals surface area contributed by atoms with E-state index in [0.29, 0.717) is 51.9 Å². The highest BCUT2D eigenvalue weighted by atomic mass is 32.2. The number of fused-ring (bicyclic) bond motifs is 15. The van der Waals surface area contributed by atoms with Crippen LogP contribution in [0.1, 0.15) is 25.7 Å². The van der Waals surface area contributed by atoms with Crippen molar-refractivity contribution in [1.29, 1.82) is 0 Å². The van der Waals surface area contributed by atoms with Crippen LogP contribution in [0.4, 0.5) is 15.9 Å². The predicted octanol–water partition coefficient (Wildman–Crippen LogP) is 4.07. The maximum absolute atomic E-state index is 14.4. The van der Waals surface area contributed by atoms with Crippen LogP contribution in [0.2, 0.25) is 0 Å². The van der Waals surface area contributed by atoms with E-state index in [0.717, 1.165) is 31.2 Å². The number of rotatable bonds is 1. The summed E-state index contributed by atoms with van der Waals surface area (Å²) in [4.78, 5) is 32.9. The second-order valence-electron chi connectivity index (χ2n) is 8.11. The number of thioether (sulfide) groups is 1. The number of nitrogens with zero attached hydrogens (tertiary/aromatic N) is 4. The first kappa shape index (κ1) is 23.1. The van der Waals surface area contributed by atoms with Crippen molar-refractivity contribution < 1.29 is 13.9 Å². The van der Waals surface area contributed by atoms with Crippen molar-refractivity contribution in [2.24, 2.45) is 0 Å². The molecule has 35 heavy (non-hydrogen) atoms. The van der Waals surface area contributed by atoms with E-state index >= 15 is 0 Å². The molecule has 4 bridgehead atoms. The molecular formula is C23H25FN8O2S. The number of ether oxygens (including phenoxy) is 1. The Morgan fingerprint density at radius 2 is 1.83 bits per heavy atom. The van der Waals surface area contributed by atoms with E-state index in [2.05, 4.69) is 40.9 Å². The van der Waals surface area contributed by atoms with Crippen molar-refractivity contribution in [2.45, 2.75) is 30.8 Å². The van der Waals surface area contributed by atoms with Gasteiger partial charge in [0.05, 0.1) is 34.7 Å². The Morgan fingerprint density at radius 3 is 2.60 bits per heavy atom. The number of amides is 1. The maximum atomic E-state index is 14.4. The Labute approximate surface area is 204 Å². The molecule has 0 radical (unpaired) electrons. The first-order chi connectivity index (χ1) is 17.1. The molecule has 2 aliphatic rings. The van der Waals surface area contributed by atoms with Gasteiger partial charge >= 0.3 is 6.01 Å². The van der Waals surface area contributed by atoms with Gasteiger partial charge in [0.2, 0.25) is 5.91 Å². The van der Waals surface area contributed by atoms with E-state index in [1.165, 1.54) is 36.3 Å². The molecule has 4 aromatic rings. The van der Waals surface area contributed by atoms with Crippen molar-refractivity contribution in [3.63, 3.8) is 0 Å². The Bertz CT molecular complexity index is 1360. The van der Waals surface area contributed by atoms with Gasteiger partial charge in [-0.25, -0.2) is 14.4 Å². The Kier molecular flexibility index (Phi) is 6.80. The van der Waals surface area contributed by atoms with Crippen molar-refractivity contribution in [3.05, 3.63) is 30.3 Å². The SMILES string of the molecule is CNc1cc(F)cc2c1[nH]c1nc3nc(c12)NCCCCCCNC(=O)CSc1ncc(cn1)O3. The van der Waals surface area contributed by atoms with Crippen LogP contribution in [0.3, 0.4) is 0 Å². The Morgan fingerprint density at radius 1 is 1.06 bits per heavy atom. The van der Waals surface area contributed by atoms with E-state index < -0.39 is 0 Å². The van der Waals surface area contributed by atoms with Gasteiger partial charge in [-0.3, -0.25) is 4.79 Å². The number of halogens is 1. The largest absolute Gasteiger partial charge is 0.421 e. The third-order valence-corrected chi connectivity index (χ3v) is 6.51. The Balaban J connectivity index is 1.53. The fourth-order valence-electron chi connectivity index (χ4n) is 3.97. The van der Waals surface area contributed by atoms with Gasteiger partial charge < -0.3 is 25.7 Å². The normalized spacial score (nSPS) is 15.5. The molecule has 2 aliphatic heterocycles. The van der Waals surface area contributed by atoms with Crippen LogP contribution in [-0.4, -0.2) is 56.7 Å².